The molecule has 0 fully saturated rings. The van der Waals surface area contributed by atoms with Crippen LogP contribution in [-0.4, -0.2) is 40.5 Å². The first-order chi connectivity index (χ1) is 9.74. The van der Waals surface area contributed by atoms with E-state index in [0.29, 0.717) is 12.2 Å². The molecule has 2 unspecified atom stereocenters. The molecule has 1 amide bonds. The molecule has 2 N–H and O–H groups in total. The van der Waals surface area contributed by atoms with Gasteiger partial charge < -0.3 is 10.4 Å². The van der Waals surface area contributed by atoms with E-state index in [-0.39, 0.29) is 24.6 Å². The lowest BCUT2D eigenvalue weighted by molar-refractivity contribution is -0.122. The van der Waals surface area contributed by atoms with Gasteiger partial charge in [-0.15, -0.1) is 11.8 Å². The second kappa shape index (κ2) is 7.45. The summed E-state index contributed by atoms with van der Waals surface area (Å²) in [6.07, 6.45) is 1.42. The highest BCUT2D eigenvalue weighted by Gasteiger charge is 2.26. The summed E-state index contributed by atoms with van der Waals surface area (Å²) in [5.74, 6) is 0.648. The summed E-state index contributed by atoms with van der Waals surface area (Å²) in [4.78, 5) is 16.7. The maximum atomic E-state index is 12.2. The molecule has 1 aromatic carbocycles. The molecule has 0 saturated heterocycles. The third-order valence-electron chi connectivity index (χ3n) is 3.29. The zero-order valence-corrected chi connectivity index (χ0v) is 12.4. The summed E-state index contributed by atoms with van der Waals surface area (Å²) in [6, 6.07) is 9.64. The molecule has 5 heteroatoms. The van der Waals surface area contributed by atoms with E-state index >= 15 is 0 Å². The smallest absolute Gasteiger partial charge is 0.245 e. The van der Waals surface area contributed by atoms with E-state index in [2.05, 4.69) is 10.3 Å². The number of amides is 1. The van der Waals surface area contributed by atoms with Gasteiger partial charge in [-0.2, -0.15) is 0 Å². The van der Waals surface area contributed by atoms with Crippen LogP contribution in [0.5, 0.6) is 0 Å². The van der Waals surface area contributed by atoms with Crippen LogP contribution >= 0.6 is 11.8 Å². The number of carbonyl (C=O) groups is 1. The van der Waals surface area contributed by atoms with Crippen LogP contribution < -0.4 is 5.32 Å². The van der Waals surface area contributed by atoms with Crippen molar-refractivity contribution in [2.24, 2.45) is 4.99 Å². The molecule has 1 aromatic rings. The van der Waals surface area contributed by atoms with Crippen molar-refractivity contribution in [3.05, 3.63) is 35.9 Å². The zero-order valence-electron chi connectivity index (χ0n) is 11.6. The lowest BCUT2D eigenvalue weighted by atomic mass is 10.1. The van der Waals surface area contributed by atoms with Gasteiger partial charge in [0.1, 0.15) is 6.04 Å². The van der Waals surface area contributed by atoms with Crippen LogP contribution in [-0.2, 0) is 4.79 Å². The van der Waals surface area contributed by atoms with E-state index in [1.54, 1.807) is 11.8 Å². The Morgan fingerprint density at radius 3 is 2.90 bits per heavy atom. The summed E-state index contributed by atoms with van der Waals surface area (Å²) in [5, 5.41) is 12.8. The van der Waals surface area contributed by atoms with E-state index in [0.717, 1.165) is 17.0 Å². The Kier molecular flexibility index (Phi) is 5.61. The highest BCUT2D eigenvalue weighted by atomic mass is 32.2. The van der Waals surface area contributed by atoms with E-state index in [1.807, 2.05) is 37.3 Å². The quantitative estimate of drug-likeness (QED) is 0.841. The Morgan fingerprint density at radius 1 is 1.50 bits per heavy atom. The van der Waals surface area contributed by atoms with Crippen LogP contribution in [0, 0.1) is 0 Å². The number of nitrogens with zero attached hydrogens (tertiary/aromatic N) is 1. The molecule has 108 valence electrons. The lowest BCUT2D eigenvalue weighted by Gasteiger charge is -2.17. The van der Waals surface area contributed by atoms with Crippen LogP contribution in [0.1, 0.15) is 25.3 Å². The second-order valence-corrected chi connectivity index (χ2v) is 5.76. The Balaban J connectivity index is 1.97. The monoisotopic (exact) mass is 292 g/mol. The average Bonchev–Trinajstić information content (AvgIpc) is 2.97. The molecular formula is C15H20N2O2S. The van der Waals surface area contributed by atoms with Gasteiger partial charge in [-0.05, 0) is 12.8 Å². The lowest BCUT2D eigenvalue weighted by Crippen LogP contribution is -2.41. The first-order valence-corrected chi connectivity index (χ1v) is 7.90. The van der Waals surface area contributed by atoms with E-state index in [4.69, 9.17) is 5.11 Å². The zero-order chi connectivity index (χ0) is 14.4. The summed E-state index contributed by atoms with van der Waals surface area (Å²) in [6.45, 7) is 2.10. The highest BCUT2D eigenvalue weighted by molar-refractivity contribution is 8.14. The maximum absolute atomic E-state index is 12.2. The summed E-state index contributed by atoms with van der Waals surface area (Å²) >= 11 is 1.62. The minimum absolute atomic E-state index is 0.0356. The predicted octanol–water partition coefficient (Wildman–Crippen LogP) is 1.83. The van der Waals surface area contributed by atoms with Crippen molar-refractivity contribution in [2.45, 2.75) is 31.8 Å². The molecule has 0 radical (unpaired) electrons. The molecule has 0 aliphatic carbocycles. The fourth-order valence-electron chi connectivity index (χ4n) is 2.08. The third kappa shape index (κ3) is 3.84. The van der Waals surface area contributed by atoms with Crippen LogP contribution in [0.15, 0.2) is 35.3 Å². The molecule has 1 aliphatic heterocycles. The number of aliphatic hydroxyl groups excluding tert-OH is 1. The normalized spacial score (nSPS) is 19.5. The van der Waals surface area contributed by atoms with Crippen molar-refractivity contribution in [2.75, 3.05) is 12.4 Å². The van der Waals surface area contributed by atoms with Gasteiger partial charge in [-0.1, -0.05) is 37.3 Å². The van der Waals surface area contributed by atoms with E-state index in [1.165, 1.54) is 0 Å². The fraction of sp³-hybridized carbons (Fsp3) is 0.467. The first-order valence-electron chi connectivity index (χ1n) is 6.91. The molecule has 20 heavy (non-hydrogen) atoms. The molecule has 1 heterocycles. The number of thioether (sulfide) groups is 1. The van der Waals surface area contributed by atoms with Gasteiger partial charge in [0.15, 0.2) is 0 Å². The standard InChI is InChI=1S/C15H20N2O2S/c1-2-12(8-9-18)16-14(19)13-10-20-15(17-13)11-6-4-3-5-7-11/h3-7,12-13,18H,2,8-10H2,1H3,(H,16,19). The summed E-state index contributed by atoms with van der Waals surface area (Å²) in [5.41, 5.74) is 1.06. The Labute approximate surface area is 123 Å². The van der Waals surface area contributed by atoms with Crippen molar-refractivity contribution >= 4 is 22.7 Å². The summed E-state index contributed by atoms with van der Waals surface area (Å²) in [7, 11) is 0. The number of aliphatic hydroxyl groups is 1. The van der Waals surface area contributed by atoms with Gasteiger partial charge in [-0.3, -0.25) is 9.79 Å². The SMILES string of the molecule is CCC(CCO)NC(=O)C1CSC(c2ccccc2)=N1. The summed E-state index contributed by atoms with van der Waals surface area (Å²) < 4.78 is 0. The van der Waals surface area contributed by atoms with Crippen LogP contribution in [0.25, 0.3) is 0 Å². The molecule has 0 saturated carbocycles. The minimum atomic E-state index is -0.317. The highest BCUT2D eigenvalue weighted by Crippen LogP contribution is 2.23. The Bertz CT molecular complexity index is 476. The van der Waals surface area contributed by atoms with Crippen LogP contribution in [0.3, 0.4) is 0 Å². The van der Waals surface area contributed by atoms with Gasteiger partial charge >= 0.3 is 0 Å². The fourth-order valence-corrected chi connectivity index (χ4v) is 3.12. The first kappa shape index (κ1) is 15.1. The number of benzene rings is 1. The molecular weight excluding hydrogens is 272 g/mol. The predicted molar refractivity (Wildman–Crippen MR) is 83.1 cm³/mol. The van der Waals surface area contributed by atoms with Gasteiger partial charge in [0.25, 0.3) is 0 Å². The largest absolute Gasteiger partial charge is 0.396 e. The number of nitrogens with one attached hydrogen (secondary N) is 1. The topological polar surface area (TPSA) is 61.7 Å². The number of hydrogen-bond acceptors (Lipinski definition) is 4. The molecule has 0 aromatic heterocycles. The van der Waals surface area contributed by atoms with Gasteiger partial charge in [0.2, 0.25) is 5.91 Å². The molecule has 2 atom stereocenters. The van der Waals surface area contributed by atoms with Gasteiger partial charge in [0, 0.05) is 24.0 Å². The molecule has 1 aliphatic rings. The minimum Gasteiger partial charge on any atom is -0.396 e. The van der Waals surface area contributed by atoms with Crippen molar-refractivity contribution in [1.82, 2.24) is 5.32 Å². The van der Waals surface area contributed by atoms with Crippen LogP contribution in [0.2, 0.25) is 0 Å². The third-order valence-corrected chi connectivity index (χ3v) is 4.39. The van der Waals surface area contributed by atoms with Crippen LogP contribution in [0.4, 0.5) is 0 Å². The van der Waals surface area contributed by atoms with Gasteiger partial charge in [-0.25, -0.2) is 0 Å². The average molecular weight is 292 g/mol. The molecule has 0 spiro atoms. The van der Waals surface area contributed by atoms with E-state index in [9.17, 15) is 4.79 Å². The van der Waals surface area contributed by atoms with E-state index < -0.39 is 0 Å². The number of carbonyl (C=O) groups excluding carboxylic acids is 1. The molecule has 2 rings (SSSR count). The molecule has 4 nitrogen and oxygen atoms in total. The van der Waals surface area contributed by atoms with Crippen molar-refractivity contribution in [3.63, 3.8) is 0 Å². The Hall–Kier alpha value is -1.33. The number of rotatable bonds is 6. The maximum Gasteiger partial charge on any atom is 0.245 e. The molecule has 0 bridgehead atoms. The van der Waals surface area contributed by atoms with Gasteiger partial charge in [0.05, 0.1) is 5.04 Å². The second-order valence-electron chi connectivity index (χ2n) is 4.75. The Morgan fingerprint density at radius 2 is 2.25 bits per heavy atom. The van der Waals surface area contributed by atoms with Crippen molar-refractivity contribution in [3.8, 4) is 0 Å². The number of hydrogen-bond donors (Lipinski definition) is 2. The van der Waals surface area contributed by atoms with Crippen molar-refractivity contribution in [1.29, 1.82) is 0 Å². The van der Waals surface area contributed by atoms with Crippen molar-refractivity contribution < 1.29 is 9.90 Å². The number of aliphatic imine (C=N–C) groups is 1.